The molecule has 0 bridgehead atoms. The minimum atomic E-state index is -0.835. The van der Waals surface area contributed by atoms with E-state index >= 15 is 0 Å². The molecule has 0 spiro atoms. The van der Waals surface area contributed by atoms with Crippen LogP contribution in [0, 0.1) is 0 Å². The second kappa shape index (κ2) is 4.40. The Morgan fingerprint density at radius 3 is 2.70 bits per heavy atom. The molecule has 0 heterocycles. The van der Waals surface area contributed by atoms with Crippen LogP contribution in [0.15, 0.2) is 0 Å². The maximum Gasteiger partial charge on any atom is 0.414 e. The molecule has 0 aliphatic heterocycles. The molecule has 0 aromatic rings. The fraction of sp³-hybridized carbons (Fsp3) is 0.400. The van der Waals surface area contributed by atoms with Crippen LogP contribution in [-0.4, -0.2) is 29.4 Å². The van der Waals surface area contributed by atoms with Crippen LogP contribution in [0.25, 0.3) is 5.53 Å². The highest BCUT2D eigenvalue weighted by Crippen LogP contribution is 1.74. The van der Waals surface area contributed by atoms with Crippen molar-refractivity contribution in [3.63, 3.8) is 0 Å². The first-order valence-corrected chi connectivity index (χ1v) is 2.50. The van der Waals surface area contributed by atoms with E-state index in [1.54, 1.807) is 0 Å². The SMILES string of the molecule is CC(=O)COC(=O)C=[N+]=[N-]. The molecule has 0 aromatic carbocycles. The Hall–Kier alpha value is -1.48. The fourth-order valence-electron chi connectivity index (χ4n) is 0.257. The molecule has 0 unspecified atom stereocenters. The van der Waals surface area contributed by atoms with Crippen molar-refractivity contribution in [2.24, 2.45) is 0 Å². The summed E-state index contributed by atoms with van der Waals surface area (Å²) in [7, 11) is 0. The van der Waals surface area contributed by atoms with E-state index in [1.165, 1.54) is 6.92 Å². The molecule has 0 rings (SSSR count). The summed E-state index contributed by atoms with van der Waals surface area (Å²) in [6.45, 7) is 0.994. The summed E-state index contributed by atoms with van der Waals surface area (Å²) in [5.74, 6) is -1.10. The van der Waals surface area contributed by atoms with Gasteiger partial charge in [0.05, 0.1) is 0 Å². The molecule has 0 aliphatic rings. The smallest absolute Gasteiger partial charge is 0.414 e. The van der Waals surface area contributed by atoms with Gasteiger partial charge in [-0.25, -0.2) is 4.79 Å². The predicted octanol–water partition coefficient (Wildman–Crippen LogP) is -0.581. The number of nitrogens with zero attached hydrogens (tertiary/aromatic N) is 2. The monoisotopic (exact) mass is 142 g/mol. The summed E-state index contributed by atoms with van der Waals surface area (Å²) in [5, 5.41) is 0. The van der Waals surface area contributed by atoms with Crippen molar-refractivity contribution >= 4 is 18.0 Å². The van der Waals surface area contributed by atoms with Gasteiger partial charge in [-0.1, -0.05) is 0 Å². The number of Topliss-reactive ketones (excluding diaryl/α,β-unsaturated/α-hetero) is 1. The Bertz CT molecular complexity index is 193. The molecular formula is C5H6N2O3. The summed E-state index contributed by atoms with van der Waals surface area (Å²) in [4.78, 5) is 22.8. The number of rotatable bonds is 3. The Morgan fingerprint density at radius 1 is 1.70 bits per heavy atom. The molecule has 54 valence electrons. The van der Waals surface area contributed by atoms with Crippen LogP contribution in [0.3, 0.4) is 0 Å². The van der Waals surface area contributed by atoms with E-state index < -0.39 is 5.97 Å². The third-order valence-electron chi connectivity index (χ3n) is 0.581. The second-order valence-electron chi connectivity index (χ2n) is 1.55. The van der Waals surface area contributed by atoms with Gasteiger partial charge in [0.15, 0.2) is 5.78 Å². The largest absolute Gasteiger partial charge is 0.449 e. The molecule has 0 atom stereocenters. The molecule has 0 saturated carbocycles. The number of esters is 1. The lowest BCUT2D eigenvalue weighted by Gasteiger charge is -1.91. The van der Waals surface area contributed by atoms with Crippen LogP contribution in [0.4, 0.5) is 0 Å². The first kappa shape index (κ1) is 8.52. The lowest BCUT2D eigenvalue weighted by molar-refractivity contribution is -0.143. The molecule has 5 heteroatoms. The van der Waals surface area contributed by atoms with E-state index in [9.17, 15) is 9.59 Å². The molecule has 0 radical (unpaired) electrons. The summed E-state index contributed by atoms with van der Waals surface area (Å²) in [5.41, 5.74) is 7.79. The van der Waals surface area contributed by atoms with Gasteiger partial charge in [0.25, 0.3) is 0 Å². The highest BCUT2D eigenvalue weighted by Gasteiger charge is 2.03. The maximum absolute atomic E-state index is 10.3. The van der Waals surface area contributed by atoms with Crippen LogP contribution in [0.5, 0.6) is 0 Å². The van der Waals surface area contributed by atoms with Crippen molar-refractivity contribution < 1.29 is 19.1 Å². The third kappa shape index (κ3) is 4.67. The van der Waals surface area contributed by atoms with Gasteiger partial charge in [-0.15, -0.1) is 0 Å². The molecule has 0 aromatic heterocycles. The Labute approximate surface area is 57.2 Å². The molecule has 0 N–H and O–H groups in total. The average Bonchev–Trinajstić information content (AvgIpc) is 1.85. The predicted molar refractivity (Wildman–Crippen MR) is 31.3 cm³/mol. The van der Waals surface area contributed by atoms with Gasteiger partial charge in [-0.05, 0) is 6.92 Å². The van der Waals surface area contributed by atoms with Crippen molar-refractivity contribution in [1.82, 2.24) is 0 Å². The van der Waals surface area contributed by atoms with Crippen molar-refractivity contribution in [3.8, 4) is 0 Å². The standard InChI is InChI=1S/C5H6N2O3/c1-4(8)3-10-5(9)2-7-6/h2H,3H2,1H3. The number of ether oxygens (including phenoxy) is 1. The Balaban J connectivity index is 3.60. The third-order valence-corrected chi connectivity index (χ3v) is 0.581. The number of carbonyl (C=O) groups is 2. The quantitative estimate of drug-likeness (QED) is 0.229. The van der Waals surface area contributed by atoms with Gasteiger partial charge in [0.2, 0.25) is 0 Å². The van der Waals surface area contributed by atoms with Crippen LogP contribution in [0.2, 0.25) is 0 Å². The van der Waals surface area contributed by atoms with Gasteiger partial charge < -0.3 is 10.3 Å². The molecule has 0 aliphatic carbocycles. The zero-order chi connectivity index (χ0) is 7.98. The summed E-state index contributed by atoms with van der Waals surface area (Å²) < 4.78 is 4.25. The normalized spacial score (nSPS) is 7.70. The van der Waals surface area contributed by atoms with E-state index in [0.717, 1.165) is 0 Å². The van der Waals surface area contributed by atoms with Gasteiger partial charge in [0.1, 0.15) is 6.61 Å². The van der Waals surface area contributed by atoms with Crippen molar-refractivity contribution in [1.29, 1.82) is 0 Å². The Kier molecular flexibility index (Phi) is 3.75. The number of hydrogen-bond donors (Lipinski definition) is 0. The maximum atomic E-state index is 10.3. The summed E-state index contributed by atoms with van der Waals surface area (Å²) >= 11 is 0. The molecule has 0 saturated heterocycles. The number of carbonyl (C=O) groups excluding carboxylic acids is 2. The highest BCUT2D eigenvalue weighted by molar-refractivity contribution is 6.20. The van der Waals surface area contributed by atoms with Crippen LogP contribution >= 0.6 is 0 Å². The van der Waals surface area contributed by atoms with Gasteiger partial charge in [-0.2, -0.15) is 4.79 Å². The zero-order valence-electron chi connectivity index (χ0n) is 5.40. The molecule has 0 fully saturated rings. The first-order chi connectivity index (χ1) is 4.66. The first-order valence-electron chi connectivity index (χ1n) is 2.50. The lowest BCUT2D eigenvalue weighted by atomic mass is 10.5. The van der Waals surface area contributed by atoms with E-state index in [2.05, 4.69) is 9.53 Å². The topological polar surface area (TPSA) is 79.8 Å². The Morgan fingerprint density at radius 2 is 2.30 bits per heavy atom. The fourth-order valence-corrected chi connectivity index (χ4v) is 0.257. The van der Waals surface area contributed by atoms with Crippen molar-refractivity contribution in [2.75, 3.05) is 6.61 Å². The van der Waals surface area contributed by atoms with E-state index in [1.807, 2.05) is 0 Å². The van der Waals surface area contributed by atoms with E-state index in [0.29, 0.717) is 6.21 Å². The number of ketones is 1. The van der Waals surface area contributed by atoms with Gasteiger partial charge in [0, 0.05) is 0 Å². The van der Waals surface area contributed by atoms with Crippen LogP contribution < -0.4 is 0 Å². The minimum absolute atomic E-state index is 0.264. The van der Waals surface area contributed by atoms with Crippen LogP contribution in [-0.2, 0) is 14.3 Å². The van der Waals surface area contributed by atoms with Gasteiger partial charge in [-0.3, -0.25) is 4.79 Å². The van der Waals surface area contributed by atoms with E-state index in [-0.39, 0.29) is 12.4 Å². The van der Waals surface area contributed by atoms with E-state index in [4.69, 9.17) is 5.53 Å². The average molecular weight is 142 g/mol. The van der Waals surface area contributed by atoms with Crippen molar-refractivity contribution in [3.05, 3.63) is 5.53 Å². The zero-order valence-corrected chi connectivity index (χ0v) is 5.40. The molecule has 5 nitrogen and oxygen atoms in total. The molecular weight excluding hydrogens is 136 g/mol. The van der Waals surface area contributed by atoms with Crippen molar-refractivity contribution in [2.45, 2.75) is 6.92 Å². The minimum Gasteiger partial charge on any atom is -0.449 e. The second-order valence-corrected chi connectivity index (χ2v) is 1.55. The van der Waals surface area contributed by atoms with Crippen LogP contribution in [0.1, 0.15) is 6.92 Å². The summed E-state index contributed by atoms with van der Waals surface area (Å²) in [6.07, 6.45) is 0.572. The number of hydrogen-bond acceptors (Lipinski definition) is 3. The summed E-state index contributed by atoms with van der Waals surface area (Å²) in [6, 6.07) is 0. The molecule has 10 heavy (non-hydrogen) atoms. The van der Waals surface area contributed by atoms with Gasteiger partial charge >= 0.3 is 12.2 Å². The highest BCUT2D eigenvalue weighted by atomic mass is 16.5. The lowest BCUT2D eigenvalue weighted by Crippen LogP contribution is -2.11. The molecule has 0 amide bonds.